The Morgan fingerprint density at radius 2 is 1.89 bits per heavy atom. The molecule has 0 amide bonds. The molecule has 0 atom stereocenters. The van der Waals surface area contributed by atoms with Gasteiger partial charge in [0.2, 0.25) is 0 Å². The maximum atomic E-state index is 13.5. The molecule has 3 rings (SSSR count). The van der Waals surface area contributed by atoms with Crippen molar-refractivity contribution in [3.05, 3.63) is 59.5 Å². The number of nitrogens with two attached hydrogens (primary N) is 1. The number of nitrogens with zero attached hydrogens (tertiary/aromatic N) is 1. The van der Waals surface area contributed by atoms with Gasteiger partial charge in [-0.2, -0.15) is 0 Å². The second kappa shape index (κ2) is 4.52. The highest BCUT2D eigenvalue weighted by Gasteiger charge is 2.12. The van der Waals surface area contributed by atoms with Crippen LogP contribution in [0.3, 0.4) is 0 Å². The van der Waals surface area contributed by atoms with Crippen molar-refractivity contribution in [2.45, 2.75) is 0 Å². The van der Waals surface area contributed by atoms with Crippen LogP contribution in [0, 0.1) is 5.82 Å². The number of rotatable bonds is 1. The van der Waals surface area contributed by atoms with Crippen molar-refractivity contribution in [1.82, 2.24) is 4.98 Å². The molecule has 2 N–H and O–H groups in total. The Morgan fingerprint density at radius 1 is 1.11 bits per heavy atom. The first-order chi connectivity index (χ1) is 9.16. The fourth-order valence-electron chi connectivity index (χ4n) is 2.14. The fraction of sp³-hybridized carbons (Fsp3) is 0. The maximum absolute atomic E-state index is 13.5. The highest BCUT2D eigenvalue weighted by molar-refractivity contribution is 6.34. The van der Waals surface area contributed by atoms with Crippen LogP contribution in [0.25, 0.3) is 22.0 Å². The number of aromatic nitrogens is 1. The molecule has 0 fully saturated rings. The molecule has 0 aliphatic heterocycles. The number of nitrogen functional groups attached to an aromatic ring is 1. The zero-order valence-electron chi connectivity index (χ0n) is 9.90. The summed E-state index contributed by atoms with van der Waals surface area (Å²) < 4.78 is 13.5. The topological polar surface area (TPSA) is 38.9 Å². The molecule has 0 saturated heterocycles. The van der Waals surface area contributed by atoms with Crippen molar-refractivity contribution in [3.8, 4) is 11.1 Å². The molecule has 1 heterocycles. The lowest BCUT2D eigenvalue weighted by Gasteiger charge is -2.11. The number of benzene rings is 2. The lowest BCUT2D eigenvalue weighted by Crippen LogP contribution is -1.94. The standard InChI is InChI=1S/C15H10ClFN2/c16-12-4-2-1-3-10(12)15-11-7-9(17)5-6-14(11)19-8-13(15)18/h1-8H,18H2. The summed E-state index contributed by atoms with van der Waals surface area (Å²) >= 11 is 6.20. The normalized spacial score (nSPS) is 10.8. The minimum absolute atomic E-state index is 0.326. The molecule has 19 heavy (non-hydrogen) atoms. The minimum atomic E-state index is -0.326. The molecule has 0 saturated carbocycles. The number of hydrogen-bond donors (Lipinski definition) is 1. The van der Waals surface area contributed by atoms with Gasteiger partial charge in [0.25, 0.3) is 0 Å². The molecule has 4 heteroatoms. The van der Waals surface area contributed by atoms with Crippen LogP contribution in [0.4, 0.5) is 10.1 Å². The van der Waals surface area contributed by atoms with Gasteiger partial charge in [-0.25, -0.2) is 4.39 Å². The monoisotopic (exact) mass is 272 g/mol. The van der Waals surface area contributed by atoms with Gasteiger partial charge in [-0.3, -0.25) is 4.98 Å². The number of fused-ring (bicyclic) bond motifs is 1. The first-order valence-electron chi connectivity index (χ1n) is 5.75. The van der Waals surface area contributed by atoms with Gasteiger partial charge in [-0.1, -0.05) is 29.8 Å². The van der Waals surface area contributed by atoms with E-state index in [0.29, 0.717) is 21.6 Å². The van der Waals surface area contributed by atoms with Gasteiger partial charge >= 0.3 is 0 Å². The molecule has 2 aromatic carbocycles. The predicted molar refractivity (Wildman–Crippen MR) is 76.6 cm³/mol. The van der Waals surface area contributed by atoms with E-state index in [4.69, 9.17) is 17.3 Å². The Hall–Kier alpha value is -2.13. The molecule has 2 nitrogen and oxygen atoms in total. The highest BCUT2D eigenvalue weighted by Crippen LogP contribution is 2.36. The Morgan fingerprint density at radius 3 is 2.68 bits per heavy atom. The van der Waals surface area contributed by atoms with Crippen molar-refractivity contribution in [2.24, 2.45) is 0 Å². The van der Waals surface area contributed by atoms with Crippen molar-refractivity contribution in [1.29, 1.82) is 0 Å². The average molecular weight is 273 g/mol. The Labute approximate surface area is 114 Å². The molecule has 0 radical (unpaired) electrons. The molecule has 0 aliphatic rings. The Kier molecular flexibility index (Phi) is 2.84. The zero-order valence-corrected chi connectivity index (χ0v) is 10.7. The number of halogens is 2. The third-order valence-corrected chi connectivity index (χ3v) is 3.33. The lowest BCUT2D eigenvalue weighted by atomic mass is 9.99. The molecule has 0 spiro atoms. The summed E-state index contributed by atoms with van der Waals surface area (Å²) in [5.41, 5.74) is 8.65. The van der Waals surface area contributed by atoms with Gasteiger partial charge in [0.15, 0.2) is 0 Å². The van der Waals surface area contributed by atoms with E-state index in [1.165, 1.54) is 12.1 Å². The van der Waals surface area contributed by atoms with E-state index in [-0.39, 0.29) is 5.82 Å². The van der Waals surface area contributed by atoms with E-state index in [0.717, 1.165) is 11.1 Å². The average Bonchev–Trinajstić information content (AvgIpc) is 2.40. The summed E-state index contributed by atoms with van der Waals surface area (Å²) in [5.74, 6) is -0.326. The number of pyridine rings is 1. The summed E-state index contributed by atoms with van der Waals surface area (Å²) in [4.78, 5) is 4.20. The Bertz CT molecular complexity index is 766. The van der Waals surface area contributed by atoms with Gasteiger partial charge in [0, 0.05) is 21.5 Å². The third-order valence-electron chi connectivity index (χ3n) is 3.00. The van der Waals surface area contributed by atoms with E-state index in [2.05, 4.69) is 4.98 Å². The van der Waals surface area contributed by atoms with Crippen LogP contribution >= 0.6 is 11.6 Å². The van der Waals surface area contributed by atoms with Gasteiger partial charge in [0.05, 0.1) is 17.4 Å². The van der Waals surface area contributed by atoms with Crippen molar-refractivity contribution < 1.29 is 4.39 Å². The van der Waals surface area contributed by atoms with Gasteiger partial charge < -0.3 is 5.73 Å². The fourth-order valence-corrected chi connectivity index (χ4v) is 2.37. The lowest BCUT2D eigenvalue weighted by molar-refractivity contribution is 0.629. The zero-order chi connectivity index (χ0) is 13.4. The van der Waals surface area contributed by atoms with E-state index >= 15 is 0 Å². The highest BCUT2D eigenvalue weighted by atomic mass is 35.5. The summed E-state index contributed by atoms with van der Waals surface area (Å²) in [6, 6.07) is 11.8. The van der Waals surface area contributed by atoms with Gasteiger partial charge in [0.1, 0.15) is 5.82 Å². The summed E-state index contributed by atoms with van der Waals surface area (Å²) in [6.45, 7) is 0. The molecule has 0 unspecified atom stereocenters. The quantitative estimate of drug-likeness (QED) is 0.718. The molecule has 1 aromatic heterocycles. The van der Waals surface area contributed by atoms with Crippen LogP contribution in [0.1, 0.15) is 0 Å². The second-order valence-electron chi connectivity index (χ2n) is 4.23. The minimum Gasteiger partial charge on any atom is -0.397 e. The molecular weight excluding hydrogens is 263 g/mol. The maximum Gasteiger partial charge on any atom is 0.123 e. The summed E-state index contributed by atoms with van der Waals surface area (Å²) in [6.07, 6.45) is 1.57. The van der Waals surface area contributed by atoms with Crippen LogP contribution in [-0.4, -0.2) is 4.98 Å². The predicted octanol–water partition coefficient (Wildman–Crippen LogP) is 4.28. The van der Waals surface area contributed by atoms with Crippen LogP contribution < -0.4 is 5.73 Å². The summed E-state index contributed by atoms with van der Waals surface area (Å²) in [7, 11) is 0. The van der Waals surface area contributed by atoms with Crippen LogP contribution in [0.2, 0.25) is 5.02 Å². The molecule has 0 bridgehead atoms. The SMILES string of the molecule is Nc1cnc2ccc(F)cc2c1-c1ccccc1Cl. The largest absolute Gasteiger partial charge is 0.397 e. The van der Waals surface area contributed by atoms with E-state index in [1.807, 2.05) is 18.2 Å². The van der Waals surface area contributed by atoms with Gasteiger partial charge in [-0.15, -0.1) is 0 Å². The smallest absolute Gasteiger partial charge is 0.123 e. The Balaban J connectivity index is 2.43. The first-order valence-corrected chi connectivity index (χ1v) is 6.13. The molecule has 3 aromatic rings. The number of anilines is 1. The molecule has 0 aliphatic carbocycles. The van der Waals surface area contributed by atoms with Crippen molar-refractivity contribution >= 4 is 28.2 Å². The van der Waals surface area contributed by atoms with Crippen LogP contribution in [-0.2, 0) is 0 Å². The van der Waals surface area contributed by atoms with E-state index in [9.17, 15) is 4.39 Å². The van der Waals surface area contributed by atoms with Crippen molar-refractivity contribution in [3.63, 3.8) is 0 Å². The first kappa shape index (κ1) is 11.9. The van der Waals surface area contributed by atoms with Gasteiger partial charge in [-0.05, 0) is 24.3 Å². The molecular formula is C15H10ClFN2. The molecule has 94 valence electrons. The van der Waals surface area contributed by atoms with E-state index in [1.54, 1.807) is 18.3 Å². The second-order valence-corrected chi connectivity index (χ2v) is 4.64. The van der Waals surface area contributed by atoms with Crippen LogP contribution in [0.5, 0.6) is 0 Å². The van der Waals surface area contributed by atoms with Crippen LogP contribution in [0.15, 0.2) is 48.7 Å². The summed E-state index contributed by atoms with van der Waals surface area (Å²) in [5, 5.41) is 1.24. The van der Waals surface area contributed by atoms with E-state index < -0.39 is 0 Å². The third kappa shape index (κ3) is 2.02. The number of hydrogen-bond acceptors (Lipinski definition) is 2. The van der Waals surface area contributed by atoms with Crippen molar-refractivity contribution in [2.75, 3.05) is 5.73 Å².